The van der Waals surface area contributed by atoms with E-state index in [0.717, 1.165) is 5.56 Å². The summed E-state index contributed by atoms with van der Waals surface area (Å²) in [5.74, 6) is -0.105. The van der Waals surface area contributed by atoms with Gasteiger partial charge >= 0.3 is 0 Å². The average Bonchev–Trinajstić information content (AvgIpc) is 3.37. The number of carbonyl (C=O) groups excluding carboxylic acids is 1. The van der Waals surface area contributed by atoms with Crippen LogP contribution in [0.5, 0.6) is 5.75 Å². The predicted octanol–water partition coefficient (Wildman–Crippen LogP) is 3.32. The molecule has 7 nitrogen and oxygen atoms in total. The van der Waals surface area contributed by atoms with Gasteiger partial charge in [0, 0.05) is 12.6 Å². The number of aliphatic imine (C=N–C) groups is 1. The summed E-state index contributed by atoms with van der Waals surface area (Å²) in [6.45, 7) is 0. The van der Waals surface area contributed by atoms with E-state index in [4.69, 9.17) is 14.9 Å². The first-order valence-electron chi connectivity index (χ1n) is 8.98. The number of hydrogen-bond acceptors (Lipinski definition) is 6. The van der Waals surface area contributed by atoms with E-state index < -0.39 is 23.6 Å². The Morgan fingerprint density at radius 2 is 2.00 bits per heavy atom. The molecule has 3 aromatic rings. The Kier molecular flexibility index (Phi) is 4.73. The molecule has 2 N–H and O–H groups in total. The second-order valence-corrected chi connectivity index (χ2v) is 6.76. The predicted molar refractivity (Wildman–Crippen MR) is 105 cm³/mol. The highest BCUT2D eigenvalue weighted by molar-refractivity contribution is 6.08. The van der Waals surface area contributed by atoms with Crippen LogP contribution in [0.25, 0.3) is 11.1 Å². The van der Waals surface area contributed by atoms with E-state index in [0.29, 0.717) is 16.9 Å². The van der Waals surface area contributed by atoms with Crippen molar-refractivity contribution in [3.05, 3.63) is 71.9 Å². The molecule has 0 saturated heterocycles. The molecule has 9 heteroatoms. The number of benzene rings is 1. The lowest BCUT2D eigenvalue weighted by molar-refractivity contribution is -0.129. The van der Waals surface area contributed by atoms with Crippen molar-refractivity contribution in [2.75, 3.05) is 14.2 Å². The Balaban J connectivity index is 2.01. The van der Waals surface area contributed by atoms with Crippen LogP contribution in [0, 0.1) is 0 Å². The van der Waals surface area contributed by atoms with E-state index in [1.54, 1.807) is 30.5 Å². The topological polar surface area (TPSA) is 93.9 Å². The Labute approximate surface area is 170 Å². The monoisotopic (exact) mass is 412 g/mol. The zero-order chi connectivity index (χ0) is 21.5. The van der Waals surface area contributed by atoms with Crippen molar-refractivity contribution in [2.24, 2.45) is 10.7 Å². The molecule has 0 radical (unpaired) electrons. The Morgan fingerprint density at radius 3 is 2.60 bits per heavy atom. The number of furan rings is 1. The highest BCUT2D eigenvalue weighted by Gasteiger charge is 2.51. The van der Waals surface area contributed by atoms with Crippen LogP contribution in [0.4, 0.5) is 8.78 Å². The molecule has 1 amide bonds. The first kappa shape index (κ1) is 19.6. The maximum Gasteiger partial charge on any atom is 0.280 e. The van der Waals surface area contributed by atoms with Gasteiger partial charge < -0.3 is 14.9 Å². The van der Waals surface area contributed by atoms with Crippen LogP contribution in [0.2, 0.25) is 0 Å². The number of nitrogens with zero attached hydrogens (tertiary/aromatic N) is 3. The highest BCUT2D eigenvalue weighted by atomic mass is 19.3. The van der Waals surface area contributed by atoms with E-state index >= 15 is 0 Å². The molecule has 1 aliphatic rings. The van der Waals surface area contributed by atoms with E-state index in [9.17, 15) is 13.6 Å². The molecule has 0 bridgehead atoms. The number of ether oxygens (including phenoxy) is 1. The molecule has 1 aromatic carbocycles. The SMILES string of the molecule is COc1cc(-c2ccoc2)cc(C2(c3cccc(C(F)F)n3)N=C(N)N(C)C2=O)c1. The first-order valence-corrected chi connectivity index (χ1v) is 8.98. The zero-order valence-electron chi connectivity index (χ0n) is 16.2. The number of amides is 1. The fraction of sp³-hybridized carbons (Fsp3) is 0.190. The number of aromatic nitrogens is 1. The fourth-order valence-corrected chi connectivity index (χ4v) is 3.44. The van der Waals surface area contributed by atoms with Gasteiger partial charge in [0.2, 0.25) is 5.54 Å². The lowest BCUT2D eigenvalue weighted by atomic mass is 9.84. The number of halogens is 2. The quantitative estimate of drug-likeness (QED) is 0.694. The number of hydrogen-bond donors (Lipinski definition) is 1. The Bertz CT molecular complexity index is 1130. The van der Waals surface area contributed by atoms with Gasteiger partial charge in [0.1, 0.15) is 11.4 Å². The van der Waals surface area contributed by atoms with E-state index in [1.165, 1.54) is 43.5 Å². The second kappa shape index (κ2) is 7.25. The van der Waals surface area contributed by atoms with Gasteiger partial charge in [0.25, 0.3) is 12.3 Å². The number of alkyl halides is 2. The molecule has 0 spiro atoms. The lowest BCUT2D eigenvalue weighted by Gasteiger charge is -2.26. The summed E-state index contributed by atoms with van der Waals surface area (Å²) in [4.78, 5) is 23.0. The molecule has 30 heavy (non-hydrogen) atoms. The third kappa shape index (κ3) is 2.99. The number of likely N-dealkylation sites (N-methyl/N-ethyl adjacent to an activating group) is 1. The van der Waals surface area contributed by atoms with Crippen molar-refractivity contribution in [1.82, 2.24) is 9.88 Å². The molecular weight excluding hydrogens is 394 g/mol. The normalized spacial score (nSPS) is 18.8. The Hall–Kier alpha value is -3.75. The summed E-state index contributed by atoms with van der Waals surface area (Å²) in [5.41, 5.74) is 5.64. The first-order chi connectivity index (χ1) is 14.4. The zero-order valence-corrected chi connectivity index (χ0v) is 16.2. The Morgan fingerprint density at radius 1 is 1.20 bits per heavy atom. The molecule has 0 fully saturated rings. The van der Waals surface area contributed by atoms with Crippen molar-refractivity contribution in [3.63, 3.8) is 0 Å². The number of nitrogens with two attached hydrogens (primary N) is 1. The van der Waals surface area contributed by atoms with Crippen molar-refractivity contribution >= 4 is 11.9 Å². The maximum atomic E-state index is 13.4. The summed E-state index contributed by atoms with van der Waals surface area (Å²) in [5, 5.41) is 0. The molecule has 1 atom stereocenters. The van der Waals surface area contributed by atoms with Crippen LogP contribution in [0.3, 0.4) is 0 Å². The molecule has 154 valence electrons. The minimum absolute atomic E-state index is 0.0445. The number of methoxy groups -OCH3 is 1. The molecule has 0 saturated carbocycles. The standard InChI is InChI=1S/C21H18F2N4O3/c1-27-19(28)21(26-20(27)24,17-5-3-4-16(25-17)18(22)23)14-8-13(9-15(10-14)29-2)12-6-7-30-11-12/h3-11,18H,1-2H3,(H2,24,26). The van der Waals surface area contributed by atoms with Crippen LogP contribution < -0.4 is 10.5 Å². The van der Waals surface area contributed by atoms with Crippen LogP contribution in [0.15, 0.2) is 64.4 Å². The number of guanidine groups is 1. The van der Waals surface area contributed by atoms with Crippen molar-refractivity contribution in [2.45, 2.75) is 12.0 Å². The lowest BCUT2D eigenvalue weighted by Crippen LogP contribution is -2.41. The molecule has 3 heterocycles. The molecule has 1 unspecified atom stereocenters. The van der Waals surface area contributed by atoms with Gasteiger partial charge in [-0.1, -0.05) is 6.07 Å². The van der Waals surface area contributed by atoms with Gasteiger partial charge in [-0.3, -0.25) is 9.69 Å². The van der Waals surface area contributed by atoms with E-state index in [-0.39, 0.29) is 11.7 Å². The summed E-state index contributed by atoms with van der Waals surface area (Å²) in [6, 6.07) is 11.0. The van der Waals surface area contributed by atoms with Gasteiger partial charge in [0.05, 0.1) is 25.3 Å². The van der Waals surface area contributed by atoms with Crippen molar-refractivity contribution in [1.29, 1.82) is 0 Å². The third-order valence-corrected chi connectivity index (χ3v) is 5.02. The molecule has 1 aliphatic heterocycles. The number of pyridine rings is 1. The summed E-state index contributed by atoms with van der Waals surface area (Å²) in [7, 11) is 2.96. The van der Waals surface area contributed by atoms with Crippen LogP contribution >= 0.6 is 0 Å². The molecule has 2 aromatic heterocycles. The largest absolute Gasteiger partial charge is 0.497 e. The summed E-state index contributed by atoms with van der Waals surface area (Å²) < 4.78 is 37.2. The maximum absolute atomic E-state index is 13.4. The average molecular weight is 412 g/mol. The third-order valence-electron chi connectivity index (χ3n) is 5.02. The van der Waals surface area contributed by atoms with E-state index in [2.05, 4.69) is 9.98 Å². The van der Waals surface area contributed by atoms with Gasteiger partial charge in [-0.2, -0.15) is 0 Å². The summed E-state index contributed by atoms with van der Waals surface area (Å²) in [6.07, 6.45) is 0.258. The van der Waals surface area contributed by atoms with Gasteiger partial charge in [0.15, 0.2) is 5.96 Å². The van der Waals surface area contributed by atoms with Gasteiger partial charge in [-0.15, -0.1) is 0 Å². The van der Waals surface area contributed by atoms with Crippen LogP contribution in [0.1, 0.15) is 23.4 Å². The number of carbonyl (C=O) groups is 1. The van der Waals surface area contributed by atoms with Gasteiger partial charge in [-0.05, 0) is 47.5 Å². The molecular formula is C21H18F2N4O3. The smallest absolute Gasteiger partial charge is 0.280 e. The van der Waals surface area contributed by atoms with Gasteiger partial charge in [-0.25, -0.2) is 18.8 Å². The van der Waals surface area contributed by atoms with E-state index in [1.807, 2.05) is 0 Å². The molecule has 4 rings (SSSR count). The second-order valence-electron chi connectivity index (χ2n) is 6.76. The minimum Gasteiger partial charge on any atom is -0.497 e. The fourth-order valence-electron chi connectivity index (χ4n) is 3.44. The number of rotatable bonds is 5. The summed E-state index contributed by atoms with van der Waals surface area (Å²) >= 11 is 0. The van der Waals surface area contributed by atoms with Crippen LogP contribution in [-0.2, 0) is 10.3 Å². The minimum atomic E-state index is -2.80. The molecule has 0 aliphatic carbocycles. The van der Waals surface area contributed by atoms with Crippen molar-refractivity contribution < 1.29 is 22.7 Å². The highest BCUT2D eigenvalue weighted by Crippen LogP contribution is 2.42. The van der Waals surface area contributed by atoms with Crippen molar-refractivity contribution in [3.8, 4) is 16.9 Å². The van der Waals surface area contributed by atoms with Crippen LogP contribution in [-0.4, -0.2) is 35.9 Å².